The quantitative estimate of drug-likeness (QED) is 0.393. The highest BCUT2D eigenvalue weighted by Crippen LogP contribution is 2.24. The van der Waals surface area contributed by atoms with E-state index < -0.39 is 11.2 Å². The number of benzene rings is 2. The van der Waals surface area contributed by atoms with Crippen LogP contribution in [0.3, 0.4) is 0 Å². The number of methoxy groups -OCH3 is 1. The molecule has 0 saturated heterocycles. The molecule has 0 aliphatic carbocycles. The van der Waals surface area contributed by atoms with Crippen molar-refractivity contribution >= 4 is 11.6 Å². The number of halogens is 2. The van der Waals surface area contributed by atoms with Crippen LogP contribution in [0.1, 0.15) is 0 Å². The second-order valence-electron chi connectivity index (χ2n) is 7.01. The number of nitrogens with zero attached hydrogens (tertiary/aromatic N) is 6. The first-order valence-corrected chi connectivity index (χ1v) is 10.2. The van der Waals surface area contributed by atoms with Gasteiger partial charge >= 0.3 is 0 Å². The topological polar surface area (TPSA) is 79.8 Å². The summed E-state index contributed by atoms with van der Waals surface area (Å²) in [6, 6.07) is 15.0. The SMILES string of the molecule is COc1cn(-c2ccc(-n3cccn3)cc2F)nc(-c2ccnn2-c2cccc(Cl)c2)c1=O. The summed E-state index contributed by atoms with van der Waals surface area (Å²) in [5, 5.41) is 13.4. The highest BCUT2D eigenvalue weighted by Gasteiger charge is 2.19. The van der Waals surface area contributed by atoms with Gasteiger partial charge in [-0.05, 0) is 42.5 Å². The summed E-state index contributed by atoms with van der Waals surface area (Å²) in [4.78, 5) is 13.1. The van der Waals surface area contributed by atoms with Gasteiger partial charge in [0.05, 0.1) is 36.6 Å². The third-order valence-corrected chi connectivity index (χ3v) is 5.23. The predicted octanol–water partition coefficient (Wildman–Crippen LogP) is 4.07. The largest absolute Gasteiger partial charge is 0.491 e. The zero-order valence-electron chi connectivity index (χ0n) is 17.3. The van der Waals surface area contributed by atoms with E-state index in [9.17, 15) is 4.79 Å². The van der Waals surface area contributed by atoms with Crippen molar-refractivity contribution in [1.82, 2.24) is 29.3 Å². The molecule has 8 nitrogen and oxygen atoms in total. The first-order chi connectivity index (χ1) is 16.0. The minimum atomic E-state index is -0.546. The maximum atomic E-state index is 15.1. The van der Waals surface area contributed by atoms with Crippen LogP contribution in [-0.2, 0) is 0 Å². The van der Waals surface area contributed by atoms with Gasteiger partial charge in [-0.15, -0.1) is 0 Å². The van der Waals surface area contributed by atoms with Crippen molar-refractivity contribution in [2.24, 2.45) is 0 Å². The Morgan fingerprint density at radius 2 is 1.85 bits per heavy atom. The summed E-state index contributed by atoms with van der Waals surface area (Å²) in [5.74, 6) is -0.537. The molecule has 0 fully saturated rings. The predicted molar refractivity (Wildman–Crippen MR) is 121 cm³/mol. The van der Waals surface area contributed by atoms with Gasteiger partial charge in [0.15, 0.2) is 17.3 Å². The van der Waals surface area contributed by atoms with Gasteiger partial charge in [-0.1, -0.05) is 17.7 Å². The van der Waals surface area contributed by atoms with E-state index >= 15 is 4.39 Å². The molecule has 0 amide bonds. The average molecular weight is 463 g/mol. The highest BCUT2D eigenvalue weighted by molar-refractivity contribution is 6.30. The summed E-state index contributed by atoms with van der Waals surface area (Å²) in [7, 11) is 1.37. The van der Waals surface area contributed by atoms with E-state index in [1.807, 2.05) is 0 Å². The zero-order chi connectivity index (χ0) is 22.9. The van der Waals surface area contributed by atoms with Gasteiger partial charge in [-0.2, -0.15) is 15.3 Å². The van der Waals surface area contributed by atoms with Gasteiger partial charge in [-0.3, -0.25) is 4.79 Å². The number of hydrogen-bond acceptors (Lipinski definition) is 5. The molecule has 3 heterocycles. The maximum Gasteiger partial charge on any atom is 0.251 e. The van der Waals surface area contributed by atoms with Crippen molar-refractivity contribution in [3.63, 3.8) is 0 Å². The minimum absolute atomic E-state index is 0.00870. The van der Waals surface area contributed by atoms with Gasteiger partial charge in [0.25, 0.3) is 5.43 Å². The van der Waals surface area contributed by atoms with E-state index in [0.29, 0.717) is 22.1 Å². The molecule has 0 spiro atoms. The first-order valence-electron chi connectivity index (χ1n) is 9.83. The Morgan fingerprint density at radius 3 is 2.58 bits per heavy atom. The van der Waals surface area contributed by atoms with Crippen molar-refractivity contribution in [3.8, 4) is 34.2 Å². The molecule has 10 heteroatoms. The standard InChI is InChI=1S/C23H16ClFN6O2/c1-33-21-14-30(19-7-6-16(13-18(19)25)29-11-3-9-26-29)28-22(23(21)32)20-8-10-27-31(20)17-5-2-4-15(24)12-17/h2-14H,1H3. The molecule has 0 aliphatic rings. The summed E-state index contributed by atoms with van der Waals surface area (Å²) < 4.78 is 24.7. The molecule has 3 aromatic heterocycles. The van der Waals surface area contributed by atoms with Crippen LogP contribution >= 0.6 is 11.6 Å². The Balaban J connectivity index is 1.66. The molecule has 33 heavy (non-hydrogen) atoms. The first kappa shape index (κ1) is 20.7. The lowest BCUT2D eigenvalue weighted by atomic mass is 10.2. The Kier molecular flexibility index (Phi) is 5.23. The van der Waals surface area contributed by atoms with Gasteiger partial charge in [0.1, 0.15) is 5.69 Å². The molecule has 164 valence electrons. The lowest BCUT2D eigenvalue weighted by Gasteiger charge is -2.13. The smallest absolute Gasteiger partial charge is 0.251 e. The molecule has 0 saturated carbocycles. The molecule has 5 rings (SSSR count). The van der Waals surface area contributed by atoms with Gasteiger partial charge < -0.3 is 4.74 Å². The van der Waals surface area contributed by atoms with Crippen LogP contribution in [0.15, 0.2) is 84.2 Å². The molecule has 0 aliphatic heterocycles. The molecule has 2 aromatic carbocycles. The van der Waals surface area contributed by atoms with Crippen molar-refractivity contribution in [1.29, 1.82) is 0 Å². The van der Waals surface area contributed by atoms with Crippen LogP contribution in [0, 0.1) is 5.82 Å². The van der Waals surface area contributed by atoms with Gasteiger partial charge in [-0.25, -0.2) is 18.4 Å². The third kappa shape index (κ3) is 3.79. The van der Waals surface area contributed by atoms with E-state index in [2.05, 4.69) is 15.3 Å². The summed E-state index contributed by atoms with van der Waals surface area (Å²) >= 11 is 6.12. The monoisotopic (exact) mass is 462 g/mol. The molecule has 0 unspecified atom stereocenters. The van der Waals surface area contributed by atoms with E-state index in [1.165, 1.54) is 28.7 Å². The van der Waals surface area contributed by atoms with Crippen LogP contribution in [-0.4, -0.2) is 36.5 Å². The Bertz CT molecular complexity index is 1510. The van der Waals surface area contributed by atoms with Crippen molar-refractivity contribution in [2.75, 3.05) is 7.11 Å². The van der Waals surface area contributed by atoms with Crippen LogP contribution in [0.25, 0.3) is 28.5 Å². The van der Waals surface area contributed by atoms with Crippen molar-refractivity contribution in [3.05, 3.63) is 100 Å². The fourth-order valence-corrected chi connectivity index (χ4v) is 3.63. The maximum absolute atomic E-state index is 15.1. The number of ether oxygens (including phenoxy) is 1. The summed E-state index contributed by atoms with van der Waals surface area (Å²) in [6.45, 7) is 0. The zero-order valence-corrected chi connectivity index (χ0v) is 18.0. The Morgan fingerprint density at radius 1 is 0.970 bits per heavy atom. The number of rotatable bonds is 5. The van der Waals surface area contributed by atoms with E-state index in [4.69, 9.17) is 16.3 Å². The fourth-order valence-electron chi connectivity index (χ4n) is 3.45. The number of hydrogen-bond donors (Lipinski definition) is 0. The second kappa shape index (κ2) is 8.36. The average Bonchev–Trinajstić information content (AvgIpc) is 3.52. The van der Waals surface area contributed by atoms with E-state index in [-0.39, 0.29) is 17.1 Å². The summed E-state index contributed by atoms with van der Waals surface area (Å²) in [6.07, 6.45) is 6.21. The highest BCUT2D eigenvalue weighted by atomic mass is 35.5. The Hall–Kier alpha value is -4.24. The molecular weight excluding hydrogens is 447 g/mol. The van der Waals surface area contributed by atoms with Crippen LogP contribution in [0.2, 0.25) is 5.02 Å². The Labute approximate surface area is 192 Å². The van der Waals surface area contributed by atoms with Crippen LogP contribution in [0.5, 0.6) is 5.75 Å². The van der Waals surface area contributed by atoms with E-state index in [1.54, 1.807) is 71.8 Å². The fraction of sp³-hybridized carbons (Fsp3) is 0.0435. The van der Waals surface area contributed by atoms with Crippen LogP contribution < -0.4 is 10.2 Å². The van der Waals surface area contributed by atoms with E-state index in [0.717, 1.165) is 0 Å². The van der Waals surface area contributed by atoms with Crippen molar-refractivity contribution < 1.29 is 9.13 Å². The molecule has 5 aromatic rings. The lowest BCUT2D eigenvalue weighted by molar-refractivity contribution is 0.405. The van der Waals surface area contributed by atoms with Gasteiger partial charge in [0.2, 0.25) is 0 Å². The minimum Gasteiger partial charge on any atom is -0.491 e. The molecular formula is C23H16ClFN6O2. The van der Waals surface area contributed by atoms with Crippen LogP contribution in [0.4, 0.5) is 4.39 Å². The molecule has 0 bridgehead atoms. The summed E-state index contributed by atoms with van der Waals surface area (Å²) in [5.41, 5.74) is 1.33. The molecule has 0 N–H and O–H groups in total. The number of aromatic nitrogens is 6. The second-order valence-corrected chi connectivity index (χ2v) is 7.45. The van der Waals surface area contributed by atoms with Gasteiger partial charge in [0, 0.05) is 23.5 Å². The lowest BCUT2D eigenvalue weighted by Crippen LogP contribution is -2.18. The molecule has 0 atom stereocenters. The molecule has 0 radical (unpaired) electrons. The normalized spacial score (nSPS) is 11.0. The third-order valence-electron chi connectivity index (χ3n) is 4.99. The van der Waals surface area contributed by atoms with Crippen molar-refractivity contribution in [2.45, 2.75) is 0 Å².